The van der Waals surface area contributed by atoms with Gasteiger partial charge in [0.15, 0.2) is 6.61 Å². The lowest BCUT2D eigenvalue weighted by Crippen LogP contribution is -2.20. The lowest BCUT2D eigenvalue weighted by Gasteiger charge is -2.10. The largest absolute Gasteiger partial charge is 0.484 e. The van der Waals surface area contributed by atoms with E-state index in [0.29, 0.717) is 33.9 Å². The van der Waals surface area contributed by atoms with Gasteiger partial charge in [-0.05, 0) is 71.4 Å². The number of para-hydroxylation sites is 1. The monoisotopic (exact) mass is 529 g/mol. The fraction of sp³-hybridized carbons (Fsp3) is 0.0303. The predicted molar refractivity (Wildman–Crippen MR) is 154 cm³/mol. The third kappa shape index (κ3) is 5.63. The molecular formula is C33H23NO6. The normalized spacial score (nSPS) is 10.8. The molecule has 0 aliphatic carbocycles. The van der Waals surface area contributed by atoms with Gasteiger partial charge in [0.1, 0.15) is 34.8 Å². The highest BCUT2D eigenvalue weighted by Gasteiger charge is 2.12. The third-order valence-corrected chi connectivity index (χ3v) is 6.15. The molecule has 0 unspecified atom stereocenters. The second-order valence-corrected chi connectivity index (χ2v) is 8.97. The Labute approximate surface area is 229 Å². The summed E-state index contributed by atoms with van der Waals surface area (Å²) in [6, 6.07) is 34.7. The number of benzene rings is 5. The van der Waals surface area contributed by atoms with Gasteiger partial charge in [-0.1, -0.05) is 48.5 Å². The molecule has 0 spiro atoms. The summed E-state index contributed by atoms with van der Waals surface area (Å²) in [4.78, 5) is 25.4. The van der Waals surface area contributed by atoms with Crippen molar-refractivity contribution in [2.45, 2.75) is 0 Å². The molecule has 5 aromatic carbocycles. The Balaban J connectivity index is 1.07. The molecule has 196 valence electrons. The van der Waals surface area contributed by atoms with Crippen molar-refractivity contribution in [2.24, 2.45) is 0 Å². The quantitative estimate of drug-likeness (QED) is 0.219. The number of hydrogen-bond acceptors (Lipinski definition) is 6. The molecule has 7 nitrogen and oxygen atoms in total. The SMILES string of the molecule is O=C(COc1ccc2c(=O)c(Oc3ccc4ccccc4c3)coc2c1)Nc1ccc(Oc2ccccc2)cc1. The van der Waals surface area contributed by atoms with Gasteiger partial charge in [0.05, 0.1) is 5.39 Å². The minimum Gasteiger partial charge on any atom is -0.484 e. The van der Waals surface area contributed by atoms with E-state index in [2.05, 4.69) is 5.32 Å². The molecule has 1 amide bonds. The van der Waals surface area contributed by atoms with Gasteiger partial charge in [-0.2, -0.15) is 0 Å². The minimum absolute atomic E-state index is 0.0796. The van der Waals surface area contributed by atoms with Crippen molar-refractivity contribution in [1.82, 2.24) is 0 Å². The number of anilines is 1. The van der Waals surface area contributed by atoms with E-state index in [4.69, 9.17) is 18.6 Å². The van der Waals surface area contributed by atoms with Crippen LogP contribution in [-0.2, 0) is 4.79 Å². The number of nitrogens with one attached hydrogen (secondary N) is 1. The van der Waals surface area contributed by atoms with Crippen molar-refractivity contribution < 1.29 is 23.4 Å². The number of carbonyl (C=O) groups is 1. The first-order chi connectivity index (χ1) is 19.6. The van der Waals surface area contributed by atoms with E-state index in [1.807, 2.05) is 66.7 Å². The zero-order valence-corrected chi connectivity index (χ0v) is 21.2. The first-order valence-corrected chi connectivity index (χ1v) is 12.6. The van der Waals surface area contributed by atoms with E-state index in [1.54, 1.807) is 48.5 Å². The van der Waals surface area contributed by atoms with Crippen molar-refractivity contribution in [1.29, 1.82) is 0 Å². The second-order valence-electron chi connectivity index (χ2n) is 8.97. The van der Waals surface area contributed by atoms with Crippen LogP contribution in [0.1, 0.15) is 0 Å². The van der Waals surface area contributed by atoms with E-state index >= 15 is 0 Å². The fourth-order valence-corrected chi connectivity index (χ4v) is 4.19. The Morgan fingerprint density at radius 3 is 2.20 bits per heavy atom. The van der Waals surface area contributed by atoms with Crippen molar-refractivity contribution in [3.8, 4) is 28.7 Å². The molecule has 0 bridgehead atoms. The van der Waals surface area contributed by atoms with E-state index in [9.17, 15) is 9.59 Å². The highest BCUT2D eigenvalue weighted by Crippen LogP contribution is 2.27. The van der Waals surface area contributed by atoms with Gasteiger partial charge in [0.25, 0.3) is 5.91 Å². The Morgan fingerprint density at radius 1 is 0.675 bits per heavy atom. The van der Waals surface area contributed by atoms with E-state index in [0.717, 1.165) is 16.5 Å². The highest BCUT2D eigenvalue weighted by molar-refractivity contribution is 5.92. The van der Waals surface area contributed by atoms with Gasteiger partial charge in [-0.15, -0.1) is 0 Å². The summed E-state index contributed by atoms with van der Waals surface area (Å²) in [5.41, 5.74) is 0.624. The van der Waals surface area contributed by atoms with Crippen LogP contribution >= 0.6 is 0 Å². The summed E-state index contributed by atoms with van der Waals surface area (Å²) in [7, 11) is 0. The number of hydrogen-bond donors (Lipinski definition) is 1. The average molecular weight is 530 g/mol. The van der Waals surface area contributed by atoms with Gasteiger partial charge >= 0.3 is 0 Å². The fourth-order valence-electron chi connectivity index (χ4n) is 4.19. The maximum atomic E-state index is 13.0. The van der Waals surface area contributed by atoms with Gasteiger partial charge < -0.3 is 23.9 Å². The molecule has 0 aliphatic rings. The van der Waals surface area contributed by atoms with Gasteiger partial charge in [0, 0.05) is 11.8 Å². The standard InChI is InChI=1S/C33H23NO6/c35-32(34-24-11-14-26(15-12-24)39-25-8-2-1-3-9-25)21-37-27-16-17-29-30(19-27)38-20-31(33(29)36)40-28-13-10-22-6-4-5-7-23(22)18-28/h1-20H,21H2,(H,34,35). The number of fused-ring (bicyclic) bond motifs is 2. The van der Waals surface area contributed by atoms with Gasteiger partial charge in [-0.25, -0.2) is 0 Å². The van der Waals surface area contributed by atoms with Crippen LogP contribution < -0.4 is 25.0 Å². The van der Waals surface area contributed by atoms with Crippen molar-refractivity contribution >= 4 is 33.3 Å². The smallest absolute Gasteiger partial charge is 0.262 e. The topological polar surface area (TPSA) is 87.0 Å². The van der Waals surface area contributed by atoms with Crippen molar-refractivity contribution in [2.75, 3.05) is 11.9 Å². The van der Waals surface area contributed by atoms with Crippen LogP contribution in [-0.4, -0.2) is 12.5 Å². The van der Waals surface area contributed by atoms with Crippen molar-refractivity contribution in [3.63, 3.8) is 0 Å². The predicted octanol–water partition coefficient (Wildman–Crippen LogP) is 7.55. The summed E-state index contributed by atoms with van der Waals surface area (Å²) in [6.07, 6.45) is 1.28. The first kappa shape index (κ1) is 24.8. The Kier molecular flexibility index (Phi) is 6.84. The summed E-state index contributed by atoms with van der Waals surface area (Å²) < 4.78 is 22.9. The first-order valence-electron chi connectivity index (χ1n) is 12.6. The molecule has 40 heavy (non-hydrogen) atoms. The van der Waals surface area contributed by atoms with Crippen LogP contribution in [0.25, 0.3) is 21.7 Å². The Hall–Kier alpha value is -5.56. The van der Waals surface area contributed by atoms with Crippen LogP contribution in [0.5, 0.6) is 28.7 Å². The molecule has 6 aromatic rings. The molecule has 0 saturated carbocycles. The minimum atomic E-state index is -0.336. The summed E-state index contributed by atoms with van der Waals surface area (Å²) in [6.45, 7) is -0.221. The molecule has 1 aromatic heterocycles. The summed E-state index contributed by atoms with van der Waals surface area (Å²) in [5, 5.41) is 5.20. The van der Waals surface area contributed by atoms with Crippen LogP contribution in [0.2, 0.25) is 0 Å². The Morgan fingerprint density at radius 2 is 1.38 bits per heavy atom. The summed E-state index contributed by atoms with van der Waals surface area (Å²) in [5.74, 6) is 2.06. The van der Waals surface area contributed by atoms with E-state index in [1.165, 1.54) is 6.26 Å². The molecular weight excluding hydrogens is 506 g/mol. The maximum absolute atomic E-state index is 13.0. The van der Waals surface area contributed by atoms with Crippen molar-refractivity contribution in [3.05, 3.63) is 132 Å². The van der Waals surface area contributed by atoms with E-state index in [-0.39, 0.29) is 23.7 Å². The van der Waals surface area contributed by atoms with Crippen LogP contribution in [0.3, 0.4) is 0 Å². The lowest BCUT2D eigenvalue weighted by molar-refractivity contribution is -0.118. The number of rotatable bonds is 8. The maximum Gasteiger partial charge on any atom is 0.262 e. The molecule has 0 saturated heterocycles. The third-order valence-electron chi connectivity index (χ3n) is 6.15. The van der Waals surface area contributed by atoms with Gasteiger partial charge in [0.2, 0.25) is 11.2 Å². The summed E-state index contributed by atoms with van der Waals surface area (Å²) >= 11 is 0. The number of carbonyl (C=O) groups excluding carboxylic acids is 1. The molecule has 0 atom stereocenters. The molecule has 6 rings (SSSR count). The van der Waals surface area contributed by atoms with Crippen LogP contribution in [0, 0.1) is 0 Å². The van der Waals surface area contributed by atoms with Crippen LogP contribution in [0.15, 0.2) is 131 Å². The van der Waals surface area contributed by atoms with E-state index < -0.39 is 0 Å². The number of ether oxygens (including phenoxy) is 3. The molecule has 0 aliphatic heterocycles. The molecule has 0 radical (unpaired) electrons. The molecule has 1 heterocycles. The second kappa shape index (κ2) is 11.0. The highest BCUT2D eigenvalue weighted by atomic mass is 16.5. The molecule has 1 N–H and O–H groups in total. The lowest BCUT2D eigenvalue weighted by atomic mass is 10.1. The zero-order chi connectivity index (χ0) is 27.3. The molecule has 7 heteroatoms. The Bertz CT molecular complexity index is 1860. The molecule has 0 fully saturated rings. The zero-order valence-electron chi connectivity index (χ0n) is 21.2. The van der Waals surface area contributed by atoms with Crippen LogP contribution in [0.4, 0.5) is 5.69 Å². The van der Waals surface area contributed by atoms with Gasteiger partial charge in [-0.3, -0.25) is 9.59 Å². The number of amides is 1. The average Bonchev–Trinajstić information content (AvgIpc) is 2.99.